The number of aliphatic hydroxyl groups excluding tert-OH is 1. The van der Waals surface area contributed by atoms with Crippen molar-refractivity contribution >= 4 is 5.78 Å². The van der Waals surface area contributed by atoms with Crippen molar-refractivity contribution in [2.24, 2.45) is 34.5 Å². The van der Waals surface area contributed by atoms with Gasteiger partial charge in [-0.1, -0.05) is 27.7 Å². The molecular weight excluding hydrogens is 284 g/mol. The molecule has 2 heteroatoms. The average Bonchev–Trinajstić information content (AvgIpc) is 2.84. The molecule has 7 atom stereocenters. The van der Waals surface area contributed by atoms with Gasteiger partial charge in [-0.15, -0.1) is 0 Å². The first-order chi connectivity index (χ1) is 10.9. The van der Waals surface area contributed by atoms with E-state index in [4.69, 9.17) is 0 Å². The topological polar surface area (TPSA) is 37.3 Å². The SMILES string of the molecule is CC.CC12CCC3C(CCC4CCC(O)CC43C)C1CCC2=O. The molecule has 0 spiro atoms. The average molecular weight is 321 g/mol. The maximum absolute atomic E-state index is 12.4. The van der Waals surface area contributed by atoms with E-state index in [9.17, 15) is 9.90 Å². The van der Waals surface area contributed by atoms with Gasteiger partial charge in [0.05, 0.1) is 6.10 Å². The molecular formula is C21H36O2. The van der Waals surface area contributed by atoms with Gasteiger partial charge in [-0.2, -0.15) is 0 Å². The van der Waals surface area contributed by atoms with Crippen LogP contribution in [-0.4, -0.2) is 17.0 Å². The lowest BCUT2D eigenvalue weighted by molar-refractivity contribution is -0.144. The smallest absolute Gasteiger partial charge is 0.139 e. The van der Waals surface area contributed by atoms with Crippen molar-refractivity contribution in [3.05, 3.63) is 0 Å². The molecule has 4 rings (SSSR count). The molecule has 0 saturated heterocycles. The van der Waals surface area contributed by atoms with Crippen LogP contribution in [0.25, 0.3) is 0 Å². The Morgan fingerprint density at radius 2 is 1.65 bits per heavy atom. The van der Waals surface area contributed by atoms with Crippen LogP contribution in [0.5, 0.6) is 0 Å². The van der Waals surface area contributed by atoms with Crippen LogP contribution >= 0.6 is 0 Å². The highest BCUT2D eigenvalue weighted by Gasteiger charge is 2.60. The van der Waals surface area contributed by atoms with E-state index in [1.54, 1.807) is 0 Å². The standard InChI is InChI=1S/C19H30O2.C2H6/c1-18-10-9-16-14(15(18)7-8-17(18)21)6-4-12-3-5-13(20)11-19(12,16)2;1-2/h12-16,20H,3-11H2,1-2H3;1-2H3. The van der Waals surface area contributed by atoms with Crippen molar-refractivity contribution < 1.29 is 9.90 Å². The van der Waals surface area contributed by atoms with Gasteiger partial charge in [-0.05, 0) is 80.5 Å². The minimum atomic E-state index is -0.0801. The predicted molar refractivity (Wildman–Crippen MR) is 94.1 cm³/mol. The third-order valence-electron chi connectivity index (χ3n) is 8.30. The quantitative estimate of drug-likeness (QED) is 0.683. The summed E-state index contributed by atoms with van der Waals surface area (Å²) < 4.78 is 0. The molecule has 0 aromatic heterocycles. The highest BCUT2D eigenvalue weighted by atomic mass is 16.3. The van der Waals surface area contributed by atoms with E-state index in [1.165, 1.54) is 25.7 Å². The zero-order valence-electron chi connectivity index (χ0n) is 15.6. The number of aliphatic hydroxyl groups is 1. The van der Waals surface area contributed by atoms with Crippen molar-refractivity contribution in [3.63, 3.8) is 0 Å². The Hall–Kier alpha value is -0.370. The number of fused-ring (bicyclic) bond motifs is 5. The molecule has 0 amide bonds. The van der Waals surface area contributed by atoms with Crippen LogP contribution in [0.2, 0.25) is 0 Å². The number of carbonyl (C=O) groups is 1. The molecule has 4 aliphatic carbocycles. The van der Waals surface area contributed by atoms with Crippen molar-refractivity contribution in [2.75, 3.05) is 0 Å². The van der Waals surface area contributed by atoms with E-state index < -0.39 is 0 Å². The molecule has 0 heterocycles. The number of carbonyl (C=O) groups excluding carboxylic acids is 1. The summed E-state index contributed by atoms with van der Waals surface area (Å²) in [7, 11) is 0. The van der Waals surface area contributed by atoms with Crippen LogP contribution in [0, 0.1) is 34.5 Å². The summed E-state index contributed by atoms with van der Waals surface area (Å²) in [6.07, 6.45) is 10.1. The van der Waals surface area contributed by atoms with E-state index in [0.29, 0.717) is 17.1 Å². The van der Waals surface area contributed by atoms with Crippen LogP contribution in [0.1, 0.15) is 85.5 Å². The molecule has 4 saturated carbocycles. The minimum absolute atomic E-state index is 0.00234. The molecule has 23 heavy (non-hydrogen) atoms. The Morgan fingerprint density at radius 3 is 2.39 bits per heavy atom. The summed E-state index contributed by atoms with van der Waals surface area (Å²) in [5.41, 5.74) is 0.338. The molecule has 4 fully saturated rings. The van der Waals surface area contributed by atoms with Crippen LogP contribution in [0.3, 0.4) is 0 Å². The zero-order chi connectivity index (χ0) is 16.8. The van der Waals surface area contributed by atoms with Crippen molar-refractivity contribution in [1.82, 2.24) is 0 Å². The van der Waals surface area contributed by atoms with Crippen LogP contribution < -0.4 is 0 Å². The van der Waals surface area contributed by atoms with Gasteiger partial charge in [0.25, 0.3) is 0 Å². The number of rotatable bonds is 0. The van der Waals surface area contributed by atoms with Gasteiger partial charge in [-0.25, -0.2) is 0 Å². The first-order valence-corrected chi connectivity index (χ1v) is 10.2. The van der Waals surface area contributed by atoms with Crippen LogP contribution in [-0.2, 0) is 4.79 Å². The molecule has 1 N–H and O–H groups in total. The summed E-state index contributed by atoms with van der Waals surface area (Å²) >= 11 is 0. The van der Waals surface area contributed by atoms with Gasteiger partial charge in [0.1, 0.15) is 5.78 Å². The monoisotopic (exact) mass is 320 g/mol. The summed E-state index contributed by atoms with van der Waals surface area (Å²) in [6.45, 7) is 8.73. The van der Waals surface area contributed by atoms with E-state index in [2.05, 4.69) is 13.8 Å². The number of hydrogen-bond acceptors (Lipinski definition) is 2. The van der Waals surface area contributed by atoms with E-state index in [-0.39, 0.29) is 11.5 Å². The fourth-order valence-electron chi connectivity index (χ4n) is 7.10. The maximum atomic E-state index is 12.4. The molecule has 0 aromatic rings. The van der Waals surface area contributed by atoms with E-state index in [0.717, 1.165) is 49.9 Å². The molecule has 0 radical (unpaired) electrons. The molecule has 0 bridgehead atoms. The number of hydrogen-bond donors (Lipinski definition) is 1. The Bertz CT molecular complexity index is 459. The van der Waals surface area contributed by atoms with E-state index in [1.807, 2.05) is 13.8 Å². The highest BCUT2D eigenvalue weighted by molar-refractivity contribution is 5.87. The zero-order valence-corrected chi connectivity index (χ0v) is 15.6. The minimum Gasteiger partial charge on any atom is -0.393 e. The lowest BCUT2D eigenvalue weighted by Gasteiger charge is -2.60. The van der Waals surface area contributed by atoms with Gasteiger partial charge in [0.2, 0.25) is 0 Å². The Labute approximate surface area is 142 Å². The summed E-state index contributed by atoms with van der Waals surface area (Å²) in [4.78, 5) is 12.4. The molecule has 132 valence electrons. The second kappa shape index (κ2) is 6.17. The molecule has 7 unspecified atom stereocenters. The normalized spacial score (nSPS) is 51.9. The van der Waals surface area contributed by atoms with Gasteiger partial charge >= 0.3 is 0 Å². The van der Waals surface area contributed by atoms with Gasteiger partial charge < -0.3 is 5.11 Å². The first-order valence-electron chi connectivity index (χ1n) is 10.2. The van der Waals surface area contributed by atoms with Crippen molar-refractivity contribution in [1.29, 1.82) is 0 Å². The largest absolute Gasteiger partial charge is 0.393 e. The maximum Gasteiger partial charge on any atom is 0.139 e. The van der Waals surface area contributed by atoms with Gasteiger partial charge in [-0.3, -0.25) is 4.79 Å². The summed E-state index contributed by atoms with van der Waals surface area (Å²) in [5, 5.41) is 10.2. The predicted octanol–water partition coefficient (Wildman–Crippen LogP) is 4.99. The molecule has 2 nitrogen and oxygen atoms in total. The Morgan fingerprint density at radius 1 is 0.957 bits per heavy atom. The van der Waals surface area contributed by atoms with Gasteiger partial charge in [0, 0.05) is 11.8 Å². The fourth-order valence-corrected chi connectivity index (χ4v) is 7.10. The van der Waals surface area contributed by atoms with Crippen molar-refractivity contribution in [3.8, 4) is 0 Å². The lowest BCUT2D eigenvalue weighted by atomic mass is 9.45. The third kappa shape index (κ3) is 2.51. The fraction of sp³-hybridized carbons (Fsp3) is 0.952. The van der Waals surface area contributed by atoms with Crippen molar-refractivity contribution in [2.45, 2.75) is 91.6 Å². The number of Topliss-reactive ketones (excluding diaryl/α,β-unsaturated/α-hetero) is 1. The Kier molecular flexibility index (Phi) is 4.68. The van der Waals surface area contributed by atoms with Crippen LogP contribution in [0.15, 0.2) is 0 Å². The first kappa shape index (κ1) is 17.5. The lowest BCUT2D eigenvalue weighted by Crippen LogP contribution is -2.54. The molecule has 0 aliphatic heterocycles. The summed E-state index contributed by atoms with van der Waals surface area (Å²) in [5.74, 6) is 3.52. The Balaban J connectivity index is 0.000000753. The van der Waals surface area contributed by atoms with E-state index >= 15 is 0 Å². The number of ketones is 1. The highest BCUT2D eigenvalue weighted by Crippen LogP contribution is 2.65. The van der Waals surface area contributed by atoms with Crippen LogP contribution in [0.4, 0.5) is 0 Å². The summed E-state index contributed by atoms with van der Waals surface area (Å²) in [6, 6.07) is 0. The third-order valence-corrected chi connectivity index (χ3v) is 8.30. The molecule has 4 aliphatic rings. The van der Waals surface area contributed by atoms with Gasteiger partial charge in [0.15, 0.2) is 0 Å². The second-order valence-corrected chi connectivity index (χ2v) is 9.01. The molecule has 0 aromatic carbocycles. The second-order valence-electron chi connectivity index (χ2n) is 9.01.